The molecule has 6 nitrogen and oxygen atoms in total. The van der Waals surface area contributed by atoms with Gasteiger partial charge >= 0.3 is 0 Å². The standard InChI is InChI=1S/C25H50O6/c1-20(2)22(5,6)28-16-18-30-24(9,10)25(11,12)31-19-17-29-23(7,8)21(3,4)27-15-13-14-26-20/h13-19H2,1-12H3. The first kappa shape index (κ1) is 28.8. The third kappa shape index (κ3) is 7.65. The van der Waals surface area contributed by atoms with Crippen LogP contribution in [-0.4, -0.2) is 73.2 Å². The average molecular weight is 447 g/mol. The van der Waals surface area contributed by atoms with Gasteiger partial charge in [-0.15, -0.1) is 0 Å². The van der Waals surface area contributed by atoms with Crippen molar-refractivity contribution < 1.29 is 28.4 Å². The van der Waals surface area contributed by atoms with Crippen molar-refractivity contribution in [2.45, 2.75) is 123 Å². The van der Waals surface area contributed by atoms with E-state index in [0.29, 0.717) is 39.6 Å². The topological polar surface area (TPSA) is 55.4 Å². The Morgan fingerprint density at radius 1 is 0.290 bits per heavy atom. The molecule has 0 spiro atoms. The zero-order valence-electron chi connectivity index (χ0n) is 22.4. The van der Waals surface area contributed by atoms with Gasteiger partial charge < -0.3 is 28.4 Å². The quantitative estimate of drug-likeness (QED) is 0.512. The lowest BCUT2D eigenvalue weighted by Gasteiger charge is -2.43. The minimum Gasteiger partial charge on any atom is -0.373 e. The fourth-order valence-electron chi connectivity index (χ4n) is 2.94. The highest BCUT2D eigenvalue weighted by Gasteiger charge is 2.42. The molecular weight excluding hydrogens is 396 g/mol. The molecule has 31 heavy (non-hydrogen) atoms. The van der Waals surface area contributed by atoms with Gasteiger partial charge in [-0.25, -0.2) is 0 Å². The molecule has 1 aliphatic rings. The second-order valence-electron chi connectivity index (χ2n) is 11.5. The molecule has 0 aromatic rings. The van der Waals surface area contributed by atoms with Gasteiger partial charge in [-0.05, 0) is 89.5 Å². The van der Waals surface area contributed by atoms with Crippen LogP contribution in [0.25, 0.3) is 0 Å². The summed E-state index contributed by atoms with van der Waals surface area (Å²) in [6, 6.07) is 0. The van der Waals surface area contributed by atoms with E-state index in [1.165, 1.54) is 0 Å². The highest BCUT2D eigenvalue weighted by atomic mass is 16.6. The Hall–Kier alpha value is -0.240. The summed E-state index contributed by atoms with van der Waals surface area (Å²) in [5.74, 6) is 0. The molecular formula is C25H50O6. The number of rotatable bonds is 0. The Kier molecular flexibility index (Phi) is 9.62. The maximum Gasteiger partial charge on any atom is 0.0910 e. The van der Waals surface area contributed by atoms with Gasteiger partial charge in [0.05, 0.1) is 60.0 Å². The van der Waals surface area contributed by atoms with Crippen LogP contribution in [0.1, 0.15) is 89.5 Å². The Bertz CT molecular complexity index is 500. The van der Waals surface area contributed by atoms with Crippen molar-refractivity contribution in [3.8, 4) is 0 Å². The number of hydrogen-bond donors (Lipinski definition) is 0. The molecule has 0 amide bonds. The van der Waals surface area contributed by atoms with E-state index in [1.807, 2.05) is 0 Å². The number of hydrogen-bond acceptors (Lipinski definition) is 6. The van der Waals surface area contributed by atoms with Crippen LogP contribution in [-0.2, 0) is 28.4 Å². The van der Waals surface area contributed by atoms with Crippen LogP contribution in [0, 0.1) is 0 Å². The van der Waals surface area contributed by atoms with Crippen molar-refractivity contribution in [1.29, 1.82) is 0 Å². The Balaban J connectivity index is 2.96. The molecule has 1 rings (SSSR count). The fraction of sp³-hybridized carbons (Fsp3) is 1.00. The van der Waals surface area contributed by atoms with E-state index in [4.69, 9.17) is 28.4 Å². The van der Waals surface area contributed by atoms with Crippen molar-refractivity contribution >= 4 is 0 Å². The summed E-state index contributed by atoms with van der Waals surface area (Å²) < 4.78 is 37.2. The molecule has 0 atom stereocenters. The molecule has 0 aromatic carbocycles. The van der Waals surface area contributed by atoms with Gasteiger partial charge in [0.15, 0.2) is 0 Å². The van der Waals surface area contributed by atoms with Crippen LogP contribution >= 0.6 is 0 Å². The molecule has 0 unspecified atom stereocenters. The molecule has 1 saturated heterocycles. The van der Waals surface area contributed by atoms with Crippen molar-refractivity contribution in [1.82, 2.24) is 0 Å². The van der Waals surface area contributed by atoms with Crippen molar-refractivity contribution in [2.75, 3.05) is 39.6 Å². The molecule has 1 fully saturated rings. The monoisotopic (exact) mass is 446 g/mol. The van der Waals surface area contributed by atoms with Crippen LogP contribution in [0.15, 0.2) is 0 Å². The fourth-order valence-corrected chi connectivity index (χ4v) is 2.94. The van der Waals surface area contributed by atoms with Gasteiger partial charge in [-0.1, -0.05) is 0 Å². The predicted molar refractivity (Wildman–Crippen MR) is 125 cm³/mol. The molecule has 0 radical (unpaired) electrons. The van der Waals surface area contributed by atoms with Crippen LogP contribution in [0.5, 0.6) is 0 Å². The second-order valence-corrected chi connectivity index (χ2v) is 11.5. The summed E-state index contributed by atoms with van der Waals surface area (Å²) in [5, 5.41) is 0. The lowest BCUT2D eigenvalue weighted by atomic mass is 9.88. The van der Waals surface area contributed by atoms with Crippen molar-refractivity contribution in [2.24, 2.45) is 0 Å². The summed E-state index contributed by atoms with van der Waals surface area (Å²) >= 11 is 0. The normalized spacial score (nSPS) is 29.8. The molecule has 0 bridgehead atoms. The largest absolute Gasteiger partial charge is 0.373 e. The molecule has 0 N–H and O–H groups in total. The van der Waals surface area contributed by atoms with Gasteiger partial charge in [-0.2, -0.15) is 0 Å². The highest BCUT2D eigenvalue weighted by Crippen LogP contribution is 2.33. The van der Waals surface area contributed by atoms with E-state index >= 15 is 0 Å². The minimum atomic E-state index is -0.493. The Morgan fingerprint density at radius 3 is 0.645 bits per heavy atom. The lowest BCUT2D eigenvalue weighted by Crippen LogP contribution is -2.52. The average Bonchev–Trinajstić information content (AvgIpc) is 2.61. The highest BCUT2D eigenvalue weighted by molar-refractivity contribution is 4.92. The van der Waals surface area contributed by atoms with Gasteiger partial charge in [0.25, 0.3) is 0 Å². The van der Waals surface area contributed by atoms with Gasteiger partial charge in [0.1, 0.15) is 0 Å². The van der Waals surface area contributed by atoms with E-state index in [1.54, 1.807) is 0 Å². The second kappa shape index (κ2) is 10.4. The predicted octanol–water partition coefficient (Wildman–Crippen LogP) is 5.16. The first-order chi connectivity index (χ1) is 13.9. The zero-order chi connectivity index (χ0) is 24.2. The minimum absolute atomic E-state index is 0.453. The lowest BCUT2D eigenvalue weighted by molar-refractivity contribution is -0.213. The van der Waals surface area contributed by atoms with Crippen LogP contribution in [0.2, 0.25) is 0 Å². The number of ether oxygens (including phenoxy) is 6. The maximum absolute atomic E-state index is 6.21. The third-order valence-electron chi connectivity index (χ3n) is 7.58. The maximum atomic E-state index is 6.21. The van der Waals surface area contributed by atoms with E-state index in [9.17, 15) is 0 Å². The summed E-state index contributed by atoms with van der Waals surface area (Å²) in [4.78, 5) is 0. The molecule has 0 aliphatic carbocycles. The SMILES string of the molecule is CC1(C)OCCCOC(C)(C)C(C)(C)OCCOC(C)(C)C(C)(C)OCCOC1(C)C. The van der Waals surface area contributed by atoms with E-state index in [-0.39, 0.29) is 0 Å². The zero-order valence-corrected chi connectivity index (χ0v) is 22.4. The molecule has 186 valence electrons. The van der Waals surface area contributed by atoms with Gasteiger partial charge in [-0.3, -0.25) is 0 Å². The van der Waals surface area contributed by atoms with Gasteiger partial charge in [0, 0.05) is 13.2 Å². The van der Waals surface area contributed by atoms with E-state index in [0.717, 1.165) is 6.42 Å². The van der Waals surface area contributed by atoms with Crippen molar-refractivity contribution in [3.63, 3.8) is 0 Å². The molecule has 0 aromatic heterocycles. The Labute approximate surface area is 191 Å². The van der Waals surface area contributed by atoms with E-state index < -0.39 is 33.6 Å². The van der Waals surface area contributed by atoms with Crippen LogP contribution in [0.3, 0.4) is 0 Å². The molecule has 1 aliphatic heterocycles. The summed E-state index contributed by atoms with van der Waals surface area (Å²) in [6.45, 7) is 27.8. The molecule has 0 saturated carbocycles. The third-order valence-corrected chi connectivity index (χ3v) is 7.58. The van der Waals surface area contributed by atoms with Crippen LogP contribution in [0.4, 0.5) is 0 Å². The molecule has 1 heterocycles. The summed E-state index contributed by atoms with van der Waals surface area (Å²) in [5.41, 5.74) is -2.82. The first-order valence-corrected chi connectivity index (χ1v) is 11.7. The first-order valence-electron chi connectivity index (χ1n) is 11.7. The summed E-state index contributed by atoms with van der Waals surface area (Å²) in [6.07, 6.45) is 0.799. The Morgan fingerprint density at radius 2 is 0.452 bits per heavy atom. The van der Waals surface area contributed by atoms with E-state index in [2.05, 4.69) is 83.1 Å². The summed E-state index contributed by atoms with van der Waals surface area (Å²) in [7, 11) is 0. The van der Waals surface area contributed by atoms with Crippen LogP contribution < -0.4 is 0 Å². The van der Waals surface area contributed by atoms with Gasteiger partial charge in [0.2, 0.25) is 0 Å². The molecule has 6 heteroatoms. The van der Waals surface area contributed by atoms with Crippen molar-refractivity contribution in [3.05, 3.63) is 0 Å². The smallest absolute Gasteiger partial charge is 0.0910 e.